The summed E-state index contributed by atoms with van der Waals surface area (Å²) in [6, 6.07) is 0. The fourth-order valence-corrected chi connectivity index (χ4v) is 4.43. The van der Waals surface area contributed by atoms with Crippen LogP contribution < -0.4 is 5.32 Å². The summed E-state index contributed by atoms with van der Waals surface area (Å²) in [6.07, 6.45) is 6.53. The van der Waals surface area contributed by atoms with E-state index in [1.807, 2.05) is 5.38 Å². The molecule has 1 aliphatic carbocycles. The lowest BCUT2D eigenvalue weighted by Crippen LogP contribution is -2.14. The van der Waals surface area contributed by atoms with E-state index >= 15 is 0 Å². The molecule has 3 rings (SSSR count). The number of hydrogen-bond acceptors (Lipinski definition) is 5. The third kappa shape index (κ3) is 2.76. The van der Waals surface area contributed by atoms with Crippen molar-refractivity contribution in [2.45, 2.75) is 45.4 Å². The summed E-state index contributed by atoms with van der Waals surface area (Å²) in [5, 5.41) is 14.6. The summed E-state index contributed by atoms with van der Waals surface area (Å²) in [7, 11) is 0. The van der Waals surface area contributed by atoms with E-state index in [4.69, 9.17) is 0 Å². The van der Waals surface area contributed by atoms with Gasteiger partial charge in [0.25, 0.3) is 5.91 Å². The van der Waals surface area contributed by atoms with Gasteiger partial charge in [-0.1, -0.05) is 18.3 Å². The van der Waals surface area contributed by atoms with Crippen molar-refractivity contribution >= 4 is 33.7 Å². The Labute approximate surface area is 126 Å². The van der Waals surface area contributed by atoms with Crippen LogP contribution in [0.15, 0.2) is 5.38 Å². The first-order valence-electron chi connectivity index (χ1n) is 7.01. The molecule has 1 amide bonds. The molecule has 2 aromatic heterocycles. The summed E-state index contributed by atoms with van der Waals surface area (Å²) in [4.78, 5) is 13.7. The van der Waals surface area contributed by atoms with Gasteiger partial charge >= 0.3 is 0 Å². The van der Waals surface area contributed by atoms with Crippen molar-refractivity contribution in [3.63, 3.8) is 0 Å². The number of rotatable bonds is 4. The molecule has 0 atom stereocenters. The third-order valence-electron chi connectivity index (χ3n) is 3.46. The molecule has 0 radical (unpaired) electrons. The lowest BCUT2D eigenvalue weighted by atomic mass is 9.96. The molecule has 20 heavy (non-hydrogen) atoms. The molecule has 0 saturated carbocycles. The van der Waals surface area contributed by atoms with E-state index in [2.05, 4.69) is 22.4 Å². The Hall–Kier alpha value is -1.27. The number of anilines is 1. The minimum absolute atomic E-state index is 0.0383. The zero-order chi connectivity index (χ0) is 13.9. The minimum Gasteiger partial charge on any atom is -0.296 e. The molecule has 0 aromatic carbocycles. The summed E-state index contributed by atoms with van der Waals surface area (Å²) < 4.78 is 0. The van der Waals surface area contributed by atoms with E-state index in [1.54, 1.807) is 11.3 Å². The quantitative estimate of drug-likeness (QED) is 0.937. The smallest absolute Gasteiger partial charge is 0.258 e. The van der Waals surface area contributed by atoms with Crippen LogP contribution >= 0.6 is 22.7 Å². The van der Waals surface area contributed by atoms with Gasteiger partial charge in [0.05, 0.1) is 5.56 Å². The van der Waals surface area contributed by atoms with Crippen LogP contribution in [0.5, 0.6) is 0 Å². The molecular weight excluding hydrogens is 290 g/mol. The molecule has 0 aliphatic heterocycles. The summed E-state index contributed by atoms with van der Waals surface area (Å²) >= 11 is 3.18. The van der Waals surface area contributed by atoms with E-state index in [9.17, 15) is 4.79 Å². The molecule has 2 aromatic rings. The van der Waals surface area contributed by atoms with Crippen LogP contribution in [0.25, 0.3) is 0 Å². The lowest BCUT2D eigenvalue weighted by molar-refractivity contribution is 0.102. The van der Waals surface area contributed by atoms with Gasteiger partial charge in [0.15, 0.2) is 0 Å². The van der Waals surface area contributed by atoms with Gasteiger partial charge in [-0.05, 0) is 37.7 Å². The summed E-state index contributed by atoms with van der Waals surface area (Å²) in [5.74, 6) is -0.0383. The highest BCUT2D eigenvalue weighted by atomic mass is 32.1. The highest BCUT2D eigenvalue weighted by Crippen LogP contribution is 2.30. The fourth-order valence-electron chi connectivity index (χ4n) is 2.47. The predicted molar refractivity (Wildman–Crippen MR) is 82.8 cm³/mol. The monoisotopic (exact) mass is 307 g/mol. The Morgan fingerprint density at radius 3 is 3.05 bits per heavy atom. The molecule has 0 saturated heterocycles. The number of aromatic nitrogens is 2. The molecular formula is C14H17N3OS2. The topological polar surface area (TPSA) is 54.9 Å². The number of carbonyl (C=O) groups excluding carboxylic acids is 1. The first-order valence-corrected chi connectivity index (χ1v) is 8.70. The van der Waals surface area contributed by atoms with Crippen molar-refractivity contribution in [2.24, 2.45) is 0 Å². The van der Waals surface area contributed by atoms with Gasteiger partial charge in [-0.3, -0.25) is 10.1 Å². The number of carbonyl (C=O) groups is 1. The number of amides is 1. The maximum Gasteiger partial charge on any atom is 0.258 e. The second-order valence-corrected chi connectivity index (χ2v) is 6.99. The molecule has 106 valence electrons. The third-order valence-corrected chi connectivity index (χ3v) is 5.44. The van der Waals surface area contributed by atoms with E-state index in [0.29, 0.717) is 5.13 Å². The van der Waals surface area contributed by atoms with Crippen molar-refractivity contribution in [1.82, 2.24) is 10.2 Å². The number of nitrogens with one attached hydrogen (secondary N) is 1. The second kappa shape index (κ2) is 6.01. The number of thiophene rings is 1. The average Bonchev–Trinajstić information content (AvgIpc) is 3.06. The Morgan fingerprint density at radius 1 is 1.35 bits per heavy atom. The normalized spacial score (nSPS) is 14.1. The van der Waals surface area contributed by atoms with Crippen LogP contribution in [0.2, 0.25) is 0 Å². The van der Waals surface area contributed by atoms with Crippen LogP contribution in [-0.2, 0) is 19.3 Å². The van der Waals surface area contributed by atoms with Gasteiger partial charge < -0.3 is 0 Å². The summed E-state index contributed by atoms with van der Waals surface area (Å²) in [6.45, 7) is 2.11. The molecule has 0 unspecified atom stereocenters. The molecule has 1 aliphatic rings. The van der Waals surface area contributed by atoms with Gasteiger partial charge in [0, 0.05) is 16.7 Å². The first-order chi connectivity index (χ1) is 9.78. The zero-order valence-electron chi connectivity index (χ0n) is 11.4. The molecule has 0 fully saturated rings. The van der Waals surface area contributed by atoms with Crippen LogP contribution in [0.4, 0.5) is 5.13 Å². The van der Waals surface area contributed by atoms with E-state index in [-0.39, 0.29) is 5.91 Å². The highest BCUT2D eigenvalue weighted by molar-refractivity contribution is 7.15. The molecule has 0 bridgehead atoms. The average molecular weight is 307 g/mol. The molecule has 4 nitrogen and oxygen atoms in total. The van der Waals surface area contributed by atoms with Crippen molar-refractivity contribution in [3.8, 4) is 0 Å². The maximum atomic E-state index is 12.3. The van der Waals surface area contributed by atoms with Gasteiger partial charge in [-0.15, -0.1) is 21.5 Å². The number of fused-ring (bicyclic) bond motifs is 1. The Balaban J connectivity index is 1.74. The van der Waals surface area contributed by atoms with E-state index in [1.165, 1.54) is 34.6 Å². The van der Waals surface area contributed by atoms with Crippen LogP contribution in [0, 0.1) is 0 Å². The highest BCUT2D eigenvalue weighted by Gasteiger charge is 2.20. The second-order valence-electron chi connectivity index (χ2n) is 4.96. The van der Waals surface area contributed by atoms with Crippen molar-refractivity contribution < 1.29 is 4.79 Å². The standard InChI is InChI=1S/C14H17N3OS2/c1-2-5-12-16-17-14(20-12)15-13(18)10-8-19-11-7-4-3-6-9(10)11/h8H,2-7H2,1H3,(H,15,17,18). The number of hydrogen-bond donors (Lipinski definition) is 1. The Morgan fingerprint density at radius 2 is 2.20 bits per heavy atom. The number of aryl methyl sites for hydroxylation is 2. The van der Waals surface area contributed by atoms with Crippen molar-refractivity contribution in [3.05, 3.63) is 26.4 Å². The Bertz CT molecular complexity index is 618. The fraction of sp³-hybridized carbons (Fsp3) is 0.500. The lowest BCUT2D eigenvalue weighted by Gasteiger charge is -2.12. The predicted octanol–water partition coefficient (Wildman–Crippen LogP) is 3.68. The SMILES string of the molecule is CCCc1nnc(NC(=O)c2csc3c2CCCC3)s1. The minimum atomic E-state index is -0.0383. The van der Waals surface area contributed by atoms with Crippen molar-refractivity contribution in [2.75, 3.05) is 5.32 Å². The molecule has 0 spiro atoms. The maximum absolute atomic E-state index is 12.3. The van der Waals surface area contributed by atoms with Gasteiger partial charge in [0.1, 0.15) is 5.01 Å². The van der Waals surface area contributed by atoms with E-state index < -0.39 is 0 Å². The van der Waals surface area contributed by atoms with Gasteiger partial charge in [-0.25, -0.2) is 0 Å². The van der Waals surface area contributed by atoms with Gasteiger partial charge in [-0.2, -0.15) is 0 Å². The van der Waals surface area contributed by atoms with E-state index in [0.717, 1.165) is 36.3 Å². The molecule has 6 heteroatoms. The van der Waals surface area contributed by atoms with Gasteiger partial charge in [0.2, 0.25) is 5.13 Å². The first kappa shape index (κ1) is 13.7. The Kier molecular flexibility index (Phi) is 4.12. The number of nitrogens with zero attached hydrogens (tertiary/aromatic N) is 2. The van der Waals surface area contributed by atoms with Crippen LogP contribution in [0.1, 0.15) is 52.0 Å². The molecule has 2 heterocycles. The van der Waals surface area contributed by atoms with Crippen LogP contribution in [0.3, 0.4) is 0 Å². The van der Waals surface area contributed by atoms with Crippen LogP contribution in [-0.4, -0.2) is 16.1 Å². The molecule has 1 N–H and O–H groups in total. The zero-order valence-corrected chi connectivity index (χ0v) is 13.1. The van der Waals surface area contributed by atoms with Crippen molar-refractivity contribution in [1.29, 1.82) is 0 Å². The summed E-state index contributed by atoms with van der Waals surface area (Å²) in [5.41, 5.74) is 2.08. The largest absolute Gasteiger partial charge is 0.296 e.